The summed E-state index contributed by atoms with van der Waals surface area (Å²) in [5, 5.41) is 12.0. The summed E-state index contributed by atoms with van der Waals surface area (Å²) < 4.78 is 23.9. The van der Waals surface area contributed by atoms with E-state index in [9.17, 15) is 13.2 Å². The number of sulfone groups is 1. The second-order valence-electron chi connectivity index (χ2n) is 8.43. The quantitative estimate of drug-likeness (QED) is 0.449. The van der Waals surface area contributed by atoms with Gasteiger partial charge in [-0.1, -0.05) is 30.5 Å². The molecule has 0 saturated heterocycles. The van der Waals surface area contributed by atoms with Crippen molar-refractivity contribution in [2.24, 2.45) is 5.92 Å². The molecule has 1 N–H and O–H groups in total. The van der Waals surface area contributed by atoms with E-state index in [1.807, 2.05) is 6.07 Å². The van der Waals surface area contributed by atoms with Gasteiger partial charge in [0.1, 0.15) is 10.9 Å². The number of halogens is 1. The number of aromatic nitrogens is 2. The van der Waals surface area contributed by atoms with Gasteiger partial charge >= 0.3 is 0 Å². The Kier molecular flexibility index (Phi) is 7.31. The molecular formula is C24H23ClN4O3S2. The Balaban J connectivity index is 1.49. The van der Waals surface area contributed by atoms with Gasteiger partial charge < -0.3 is 5.32 Å². The van der Waals surface area contributed by atoms with Crippen LogP contribution in [-0.4, -0.2) is 30.5 Å². The predicted molar refractivity (Wildman–Crippen MR) is 133 cm³/mol. The molecule has 1 atom stereocenters. The lowest BCUT2D eigenvalue weighted by Gasteiger charge is -2.24. The van der Waals surface area contributed by atoms with Gasteiger partial charge in [0, 0.05) is 12.7 Å². The van der Waals surface area contributed by atoms with Gasteiger partial charge in [0.2, 0.25) is 5.91 Å². The van der Waals surface area contributed by atoms with Crippen LogP contribution in [0.25, 0.3) is 10.6 Å². The Labute approximate surface area is 207 Å². The molecule has 10 heteroatoms. The van der Waals surface area contributed by atoms with Crippen LogP contribution in [0.1, 0.15) is 48.5 Å². The van der Waals surface area contributed by atoms with Crippen molar-refractivity contribution in [3.63, 3.8) is 0 Å². The van der Waals surface area contributed by atoms with Gasteiger partial charge in [0.05, 0.1) is 32.9 Å². The maximum atomic E-state index is 12.9. The molecule has 0 spiro atoms. The smallest absolute Gasteiger partial charge is 0.226 e. The third-order valence-electron chi connectivity index (χ3n) is 6.05. The van der Waals surface area contributed by atoms with Crippen LogP contribution in [0.4, 0.5) is 5.82 Å². The second kappa shape index (κ2) is 10.2. The van der Waals surface area contributed by atoms with Gasteiger partial charge in [-0.15, -0.1) is 11.3 Å². The molecule has 1 aliphatic carbocycles. The fourth-order valence-corrected chi connectivity index (χ4v) is 6.52. The molecule has 1 saturated carbocycles. The maximum absolute atomic E-state index is 12.9. The summed E-state index contributed by atoms with van der Waals surface area (Å²) in [4.78, 5) is 23.1. The number of nitrogens with zero attached hydrogens (tertiary/aromatic N) is 3. The molecule has 3 aromatic rings. The number of hydrogen-bond donors (Lipinski definition) is 1. The summed E-state index contributed by atoms with van der Waals surface area (Å²) in [6.45, 7) is 0. The number of hydrogen-bond acceptors (Lipinski definition) is 7. The lowest BCUT2D eigenvalue weighted by atomic mass is 9.82. The molecule has 0 radical (unpaired) electrons. The molecule has 1 unspecified atom stereocenters. The van der Waals surface area contributed by atoms with E-state index < -0.39 is 9.84 Å². The van der Waals surface area contributed by atoms with Gasteiger partial charge in [0.25, 0.3) is 0 Å². The lowest BCUT2D eigenvalue weighted by molar-refractivity contribution is -0.116. The maximum Gasteiger partial charge on any atom is 0.226 e. The highest BCUT2D eigenvalue weighted by atomic mass is 35.5. The van der Waals surface area contributed by atoms with Gasteiger partial charge in [-0.05, 0) is 54.5 Å². The van der Waals surface area contributed by atoms with Gasteiger partial charge in [-0.3, -0.25) is 4.79 Å². The van der Waals surface area contributed by atoms with E-state index in [4.69, 9.17) is 16.9 Å². The first-order valence-corrected chi connectivity index (χ1v) is 13.9. The number of nitrogens with one attached hydrogen (secondary N) is 1. The average Bonchev–Trinajstić information content (AvgIpc) is 3.49. The Hall–Kier alpha value is -2.80. The number of rotatable bonds is 7. The second-order valence-corrected chi connectivity index (χ2v) is 11.9. The van der Waals surface area contributed by atoms with Crippen molar-refractivity contribution in [2.75, 3.05) is 11.6 Å². The Morgan fingerprint density at radius 1 is 1.24 bits per heavy atom. The van der Waals surface area contributed by atoms with Crippen LogP contribution in [0, 0.1) is 17.2 Å². The SMILES string of the molecule is CS(=O)(=O)c1ccc(C(CC(=O)Nc2cnc(-c3ccc(C#N)s3)cn2)C2CCCC2)cc1Cl. The zero-order chi connectivity index (χ0) is 24.3. The monoisotopic (exact) mass is 514 g/mol. The van der Waals surface area contributed by atoms with Crippen molar-refractivity contribution >= 4 is 44.5 Å². The largest absolute Gasteiger partial charge is 0.309 e. The number of benzene rings is 1. The highest BCUT2D eigenvalue weighted by Crippen LogP contribution is 2.41. The van der Waals surface area contributed by atoms with Crippen LogP contribution in [0.3, 0.4) is 0 Å². The first kappa shape index (κ1) is 24.3. The van der Waals surface area contributed by atoms with E-state index in [-0.39, 0.29) is 28.2 Å². The van der Waals surface area contributed by atoms with Crippen molar-refractivity contribution in [1.82, 2.24) is 9.97 Å². The van der Waals surface area contributed by atoms with Crippen molar-refractivity contribution < 1.29 is 13.2 Å². The average molecular weight is 515 g/mol. The van der Waals surface area contributed by atoms with Crippen molar-refractivity contribution in [1.29, 1.82) is 5.26 Å². The van der Waals surface area contributed by atoms with E-state index >= 15 is 0 Å². The number of amides is 1. The number of carbonyl (C=O) groups excluding carboxylic acids is 1. The van der Waals surface area contributed by atoms with Crippen LogP contribution >= 0.6 is 22.9 Å². The molecule has 34 heavy (non-hydrogen) atoms. The van der Waals surface area contributed by atoms with Crippen molar-refractivity contribution in [3.8, 4) is 16.6 Å². The van der Waals surface area contributed by atoms with Crippen molar-refractivity contribution in [3.05, 3.63) is 58.2 Å². The number of carbonyl (C=O) groups is 1. The summed E-state index contributed by atoms with van der Waals surface area (Å²) in [5.41, 5.74) is 1.50. The molecular weight excluding hydrogens is 492 g/mol. The fraction of sp³-hybridized carbons (Fsp3) is 0.333. The number of anilines is 1. The molecule has 1 aromatic carbocycles. The Bertz CT molecular complexity index is 1340. The Morgan fingerprint density at radius 3 is 2.59 bits per heavy atom. The zero-order valence-corrected chi connectivity index (χ0v) is 20.9. The summed E-state index contributed by atoms with van der Waals surface area (Å²) in [7, 11) is -3.42. The van der Waals surface area contributed by atoms with Gasteiger partial charge in [-0.25, -0.2) is 18.4 Å². The van der Waals surface area contributed by atoms with Gasteiger partial charge in [-0.2, -0.15) is 5.26 Å². The van der Waals surface area contributed by atoms with E-state index in [1.165, 1.54) is 23.6 Å². The van der Waals surface area contributed by atoms with E-state index in [0.29, 0.717) is 22.3 Å². The third kappa shape index (κ3) is 5.63. The molecule has 1 fully saturated rings. The van der Waals surface area contributed by atoms with E-state index in [0.717, 1.165) is 42.4 Å². The molecule has 0 aliphatic heterocycles. The topological polar surface area (TPSA) is 113 Å². The third-order valence-corrected chi connectivity index (χ3v) is 8.64. The normalized spacial score (nSPS) is 15.1. The standard InChI is InChI=1S/C24H23ClN4O3S2/c1-34(31,32)22-9-6-16(10-19(22)25)18(15-4-2-3-5-15)11-24(30)29-23-14-27-20(13-28-23)21-8-7-17(12-26)33-21/h6-10,13-15,18H,2-5,11H2,1H3,(H,28,29,30). The summed E-state index contributed by atoms with van der Waals surface area (Å²) in [5.74, 6) is 0.412. The van der Waals surface area contributed by atoms with Crippen LogP contribution in [-0.2, 0) is 14.6 Å². The molecule has 176 valence electrons. The minimum absolute atomic E-state index is 0.0728. The summed E-state index contributed by atoms with van der Waals surface area (Å²) >= 11 is 7.62. The number of thiophene rings is 1. The molecule has 2 aromatic heterocycles. The van der Waals surface area contributed by atoms with Gasteiger partial charge in [0.15, 0.2) is 15.7 Å². The van der Waals surface area contributed by atoms with Crippen LogP contribution in [0.15, 0.2) is 47.6 Å². The Morgan fingerprint density at radius 2 is 2.00 bits per heavy atom. The predicted octanol–water partition coefficient (Wildman–Crippen LogP) is 5.44. The lowest BCUT2D eigenvalue weighted by Crippen LogP contribution is -2.20. The molecule has 1 aliphatic rings. The van der Waals surface area contributed by atoms with Crippen LogP contribution in [0.2, 0.25) is 5.02 Å². The van der Waals surface area contributed by atoms with E-state index in [1.54, 1.807) is 24.4 Å². The zero-order valence-electron chi connectivity index (χ0n) is 18.5. The molecule has 2 heterocycles. The highest BCUT2D eigenvalue weighted by Gasteiger charge is 2.29. The molecule has 7 nitrogen and oxygen atoms in total. The minimum Gasteiger partial charge on any atom is -0.309 e. The van der Waals surface area contributed by atoms with Crippen LogP contribution < -0.4 is 5.32 Å². The molecule has 4 rings (SSSR count). The highest BCUT2D eigenvalue weighted by molar-refractivity contribution is 7.90. The molecule has 0 bridgehead atoms. The first-order chi connectivity index (χ1) is 16.2. The van der Waals surface area contributed by atoms with Crippen molar-refractivity contribution in [2.45, 2.75) is 42.9 Å². The summed E-state index contributed by atoms with van der Waals surface area (Å²) in [6, 6.07) is 10.6. The van der Waals surface area contributed by atoms with Crippen LogP contribution in [0.5, 0.6) is 0 Å². The minimum atomic E-state index is -3.42. The molecule has 1 amide bonds. The number of nitriles is 1. The first-order valence-electron chi connectivity index (χ1n) is 10.9. The fourth-order valence-electron chi connectivity index (χ4n) is 4.41. The summed E-state index contributed by atoms with van der Waals surface area (Å²) in [6.07, 6.45) is 8.69. The van der Waals surface area contributed by atoms with E-state index in [2.05, 4.69) is 21.4 Å².